The fourth-order valence-electron chi connectivity index (χ4n) is 2.57. The van der Waals surface area contributed by atoms with Gasteiger partial charge in [-0.25, -0.2) is 9.97 Å². The van der Waals surface area contributed by atoms with Crippen LogP contribution in [-0.2, 0) is 4.79 Å². The molecule has 2 heterocycles. The van der Waals surface area contributed by atoms with Crippen LogP contribution in [0.4, 0.5) is 5.13 Å². The van der Waals surface area contributed by atoms with E-state index in [9.17, 15) is 4.79 Å². The quantitative estimate of drug-likeness (QED) is 0.482. The zero-order valence-electron chi connectivity index (χ0n) is 15.0. The lowest BCUT2D eigenvalue weighted by Crippen LogP contribution is -2.22. The number of oxazole rings is 1. The Morgan fingerprint density at radius 3 is 2.89 bits per heavy atom. The SMILES string of the molecule is COc1ccc2sc(NC(=O)C(C)Sc3nc4cc(C)ccc4o3)nc2c1. The molecule has 138 valence electrons. The third-order valence-electron chi connectivity index (χ3n) is 4.00. The number of benzene rings is 2. The fourth-order valence-corrected chi connectivity index (χ4v) is 4.17. The van der Waals surface area contributed by atoms with Crippen LogP contribution in [0.25, 0.3) is 21.3 Å². The van der Waals surface area contributed by atoms with Crippen molar-refractivity contribution in [3.05, 3.63) is 42.0 Å². The number of thioether (sulfide) groups is 1. The number of amides is 1. The molecule has 0 saturated heterocycles. The molecule has 0 fully saturated rings. The number of methoxy groups -OCH3 is 1. The Bertz CT molecular complexity index is 1140. The average Bonchev–Trinajstić information content (AvgIpc) is 3.22. The second kappa shape index (κ2) is 7.21. The molecule has 4 aromatic rings. The van der Waals surface area contributed by atoms with Gasteiger partial charge in [0.2, 0.25) is 5.91 Å². The van der Waals surface area contributed by atoms with E-state index in [0.717, 1.165) is 32.6 Å². The topological polar surface area (TPSA) is 77.2 Å². The highest BCUT2D eigenvalue weighted by atomic mass is 32.2. The zero-order valence-corrected chi connectivity index (χ0v) is 16.6. The summed E-state index contributed by atoms with van der Waals surface area (Å²) in [6.07, 6.45) is 0. The van der Waals surface area contributed by atoms with E-state index >= 15 is 0 Å². The first kappa shape index (κ1) is 17.8. The standard InChI is InChI=1S/C19H17N3O3S2/c1-10-4-6-15-13(8-10)21-19(25-15)26-11(2)17(23)22-18-20-14-9-12(24-3)5-7-16(14)27-18/h4-9,11H,1-3H3,(H,20,22,23). The molecule has 1 amide bonds. The van der Waals surface area contributed by atoms with Gasteiger partial charge in [-0.3, -0.25) is 4.79 Å². The van der Waals surface area contributed by atoms with Gasteiger partial charge in [0.25, 0.3) is 5.22 Å². The number of aryl methyl sites for hydroxylation is 1. The molecule has 1 atom stereocenters. The number of carbonyl (C=O) groups is 1. The van der Waals surface area contributed by atoms with Gasteiger partial charge in [-0.15, -0.1) is 0 Å². The third-order valence-corrected chi connectivity index (χ3v) is 5.89. The third kappa shape index (κ3) is 3.77. The van der Waals surface area contributed by atoms with Crippen molar-refractivity contribution < 1.29 is 13.9 Å². The fraction of sp³-hybridized carbons (Fsp3) is 0.211. The van der Waals surface area contributed by atoms with Crippen molar-refractivity contribution in [3.8, 4) is 5.75 Å². The highest BCUT2D eigenvalue weighted by Gasteiger charge is 2.19. The van der Waals surface area contributed by atoms with E-state index in [0.29, 0.717) is 10.4 Å². The maximum Gasteiger partial charge on any atom is 0.257 e. The first-order valence-corrected chi connectivity index (χ1v) is 10.0. The molecule has 6 nitrogen and oxygen atoms in total. The smallest absolute Gasteiger partial charge is 0.257 e. The van der Waals surface area contributed by atoms with Crippen molar-refractivity contribution in [2.75, 3.05) is 12.4 Å². The predicted molar refractivity (Wildman–Crippen MR) is 109 cm³/mol. The lowest BCUT2D eigenvalue weighted by atomic mass is 10.2. The minimum absolute atomic E-state index is 0.149. The number of fused-ring (bicyclic) bond motifs is 2. The first-order chi connectivity index (χ1) is 13.0. The van der Waals surface area contributed by atoms with Crippen molar-refractivity contribution in [1.82, 2.24) is 9.97 Å². The molecular formula is C19H17N3O3S2. The predicted octanol–water partition coefficient (Wildman–Crippen LogP) is 4.87. The molecule has 0 bridgehead atoms. The summed E-state index contributed by atoms with van der Waals surface area (Å²) >= 11 is 2.71. The maximum atomic E-state index is 12.5. The van der Waals surface area contributed by atoms with Crippen LogP contribution >= 0.6 is 23.1 Å². The van der Waals surface area contributed by atoms with E-state index in [1.54, 1.807) is 7.11 Å². The van der Waals surface area contributed by atoms with Crippen LogP contribution in [0.3, 0.4) is 0 Å². The Morgan fingerprint density at radius 1 is 1.22 bits per heavy atom. The van der Waals surface area contributed by atoms with Crippen LogP contribution in [0.15, 0.2) is 46.0 Å². The van der Waals surface area contributed by atoms with Gasteiger partial charge in [0.1, 0.15) is 11.3 Å². The van der Waals surface area contributed by atoms with Crippen LogP contribution in [-0.4, -0.2) is 28.2 Å². The monoisotopic (exact) mass is 399 g/mol. The Kier molecular flexibility index (Phi) is 4.75. The minimum Gasteiger partial charge on any atom is -0.497 e. The molecule has 8 heteroatoms. The molecule has 2 aromatic heterocycles. The molecule has 0 radical (unpaired) electrons. The van der Waals surface area contributed by atoms with Gasteiger partial charge in [0.05, 0.1) is 22.6 Å². The Morgan fingerprint density at radius 2 is 2.07 bits per heavy atom. The van der Waals surface area contributed by atoms with E-state index in [1.807, 2.05) is 50.2 Å². The second-order valence-corrected chi connectivity index (χ2v) is 8.38. The number of nitrogens with one attached hydrogen (secondary N) is 1. The number of carbonyl (C=O) groups excluding carboxylic acids is 1. The molecule has 27 heavy (non-hydrogen) atoms. The summed E-state index contributed by atoms with van der Waals surface area (Å²) in [7, 11) is 1.61. The normalized spacial score (nSPS) is 12.4. The number of hydrogen-bond donors (Lipinski definition) is 1. The van der Waals surface area contributed by atoms with Gasteiger partial charge >= 0.3 is 0 Å². The lowest BCUT2D eigenvalue weighted by molar-refractivity contribution is -0.115. The summed E-state index contributed by atoms with van der Waals surface area (Å²) in [6.45, 7) is 3.82. The molecule has 0 saturated carbocycles. The summed E-state index contributed by atoms with van der Waals surface area (Å²) in [5.74, 6) is 0.588. The van der Waals surface area contributed by atoms with Crippen molar-refractivity contribution in [3.63, 3.8) is 0 Å². The molecule has 2 aromatic carbocycles. The molecule has 0 aliphatic heterocycles. The second-order valence-electron chi connectivity index (χ2n) is 6.05. The lowest BCUT2D eigenvalue weighted by Gasteiger charge is -2.07. The maximum absolute atomic E-state index is 12.5. The molecule has 4 rings (SSSR count). The highest BCUT2D eigenvalue weighted by Crippen LogP contribution is 2.31. The Hall–Kier alpha value is -2.58. The van der Waals surface area contributed by atoms with E-state index in [4.69, 9.17) is 9.15 Å². The van der Waals surface area contributed by atoms with E-state index in [1.165, 1.54) is 23.1 Å². The van der Waals surface area contributed by atoms with Gasteiger partial charge in [-0.1, -0.05) is 29.2 Å². The summed E-state index contributed by atoms with van der Waals surface area (Å²) < 4.78 is 11.9. The summed E-state index contributed by atoms with van der Waals surface area (Å²) in [5, 5.41) is 3.53. The van der Waals surface area contributed by atoms with Gasteiger partial charge in [-0.2, -0.15) is 0 Å². The number of nitrogens with zero attached hydrogens (tertiary/aromatic N) is 2. The zero-order chi connectivity index (χ0) is 19.0. The van der Waals surface area contributed by atoms with Gasteiger partial charge in [0, 0.05) is 6.07 Å². The van der Waals surface area contributed by atoms with Gasteiger partial charge < -0.3 is 14.5 Å². The largest absolute Gasteiger partial charge is 0.497 e. The van der Waals surface area contributed by atoms with Gasteiger partial charge in [-0.05, 0) is 43.7 Å². The number of hydrogen-bond acceptors (Lipinski definition) is 7. The molecule has 1 unspecified atom stereocenters. The van der Waals surface area contributed by atoms with Crippen LogP contribution < -0.4 is 10.1 Å². The Labute approximate surface area is 163 Å². The van der Waals surface area contributed by atoms with E-state index in [2.05, 4.69) is 15.3 Å². The van der Waals surface area contributed by atoms with Crippen LogP contribution in [0.2, 0.25) is 0 Å². The molecule has 1 N–H and O–H groups in total. The highest BCUT2D eigenvalue weighted by molar-refractivity contribution is 8.00. The number of thiazole rings is 1. The van der Waals surface area contributed by atoms with Crippen molar-refractivity contribution in [2.24, 2.45) is 0 Å². The van der Waals surface area contributed by atoms with Crippen LogP contribution in [0.1, 0.15) is 12.5 Å². The molecule has 0 aliphatic rings. The van der Waals surface area contributed by atoms with E-state index in [-0.39, 0.29) is 11.2 Å². The minimum atomic E-state index is -0.374. The number of aromatic nitrogens is 2. The number of anilines is 1. The summed E-state index contributed by atoms with van der Waals surface area (Å²) in [5.41, 5.74) is 3.43. The van der Waals surface area contributed by atoms with Crippen molar-refractivity contribution in [2.45, 2.75) is 24.3 Å². The van der Waals surface area contributed by atoms with Crippen molar-refractivity contribution >= 4 is 55.5 Å². The van der Waals surface area contributed by atoms with Crippen LogP contribution in [0.5, 0.6) is 5.75 Å². The molecule has 0 aliphatic carbocycles. The van der Waals surface area contributed by atoms with E-state index < -0.39 is 0 Å². The summed E-state index contributed by atoms with van der Waals surface area (Å²) in [4.78, 5) is 21.4. The van der Waals surface area contributed by atoms with Crippen LogP contribution in [0, 0.1) is 6.92 Å². The number of ether oxygens (including phenoxy) is 1. The van der Waals surface area contributed by atoms with Gasteiger partial charge in [0.15, 0.2) is 10.7 Å². The molecular weight excluding hydrogens is 382 g/mol. The number of rotatable bonds is 5. The first-order valence-electron chi connectivity index (χ1n) is 8.31. The Balaban J connectivity index is 1.46. The summed E-state index contributed by atoms with van der Waals surface area (Å²) in [6, 6.07) is 11.5. The van der Waals surface area contributed by atoms with Crippen molar-refractivity contribution in [1.29, 1.82) is 0 Å². The average molecular weight is 399 g/mol. The molecule has 0 spiro atoms.